The van der Waals surface area contributed by atoms with Crippen LogP contribution in [0.1, 0.15) is 18.1 Å². The molecule has 1 heterocycles. The molecule has 3 rings (SSSR count). The Labute approximate surface area is 166 Å². The van der Waals surface area contributed by atoms with Gasteiger partial charge in [0, 0.05) is 46.2 Å². The normalized spacial score (nSPS) is 15.9. The third kappa shape index (κ3) is 5.16. The fourth-order valence-corrected chi connectivity index (χ4v) is 3.39. The Morgan fingerprint density at radius 3 is 2.39 bits per heavy atom. The molecule has 1 amide bonds. The zero-order valence-corrected chi connectivity index (χ0v) is 16.6. The molecule has 1 saturated heterocycles. The molecular formula is C22H29N3O3. The highest BCUT2D eigenvalue weighted by molar-refractivity contribution is 5.64. The van der Waals surface area contributed by atoms with E-state index in [0.29, 0.717) is 13.0 Å². The van der Waals surface area contributed by atoms with Crippen LogP contribution in [0, 0.1) is 0 Å². The molecule has 0 aliphatic carbocycles. The summed E-state index contributed by atoms with van der Waals surface area (Å²) in [5, 5.41) is 9.17. The maximum atomic E-state index is 11.2. The molecule has 150 valence electrons. The Morgan fingerprint density at radius 2 is 1.71 bits per heavy atom. The van der Waals surface area contributed by atoms with Crippen LogP contribution in [0.4, 0.5) is 10.5 Å². The molecule has 2 aromatic carbocycles. The van der Waals surface area contributed by atoms with Gasteiger partial charge in [0.05, 0.1) is 5.69 Å². The number of benzene rings is 2. The minimum atomic E-state index is -0.926. The lowest BCUT2D eigenvalue weighted by Crippen LogP contribution is -2.44. The van der Waals surface area contributed by atoms with E-state index in [1.165, 1.54) is 4.90 Å². The Morgan fingerprint density at radius 1 is 1.07 bits per heavy atom. The van der Waals surface area contributed by atoms with Crippen molar-refractivity contribution in [2.24, 2.45) is 0 Å². The number of carboxylic acid groups (broad SMARTS) is 1. The van der Waals surface area contributed by atoms with Gasteiger partial charge in [-0.15, -0.1) is 0 Å². The second-order valence-corrected chi connectivity index (χ2v) is 7.27. The molecule has 1 N–H and O–H groups in total. The van der Waals surface area contributed by atoms with Crippen LogP contribution in [0.15, 0.2) is 54.6 Å². The number of hydrogen-bond acceptors (Lipinski definition) is 4. The monoisotopic (exact) mass is 383 g/mol. The Hall–Kier alpha value is -2.73. The standard InChI is InChI=1S/C22H29N3O3/c1-23-14-16-25(17-15-23)19-10-6-7-11-21(19)28-20(12-13-24(2)22(26)27)18-8-4-3-5-9-18/h3-11,20H,12-17H2,1-2H3,(H,26,27). The number of carbonyl (C=O) groups is 1. The summed E-state index contributed by atoms with van der Waals surface area (Å²) in [4.78, 5) is 17.2. The highest BCUT2D eigenvalue weighted by atomic mass is 16.5. The first-order chi connectivity index (χ1) is 13.5. The number of anilines is 1. The topological polar surface area (TPSA) is 56.2 Å². The van der Waals surface area contributed by atoms with Gasteiger partial charge in [0.1, 0.15) is 11.9 Å². The van der Waals surface area contributed by atoms with Gasteiger partial charge in [0.2, 0.25) is 0 Å². The van der Waals surface area contributed by atoms with Gasteiger partial charge in [0.25, 0.3) is 0 Å². The minimum Gasteiger partial charge on any atom is -0.483 e. The SMILES string of the molecule is CN1CCN(c2ccccc2OC(CCN(C)C(=O)O)c2ccccc2)CC1. The molecule has 0 bridgehead atoms. The van der Waals surface area contributed by atoms with E-state index in [2.05, 4.69) is 22.9 Å². The molecule has 1 fully saturated rings. The third-order valence-electron chi connectivity index (χ3n) is 5.20. The van der Waals surface area contributed by atoms with Gasteiger partial charge in [-0.05, 0) is 24.7 Å². The molecule has 1 aliphatic heterocycles. The molecule has 6 nitrogen and oxygen atoms in total. The van der Waals surface area contributed by atoms with E-state index >= 15 is 0 Å². The van der Waals surface area contributed by atoms with Crippen molar-refractivity contribution in [3.05, 3.63) is 60.2 Å². The molecule has 1 aliphatic rings. The molecule has 0 aromatic heterocycles. The van der Waals surface area contributed by atoms with Crippen molar-refractivity contribution in [3.8, 4) is 5.75 Å². The Bertz CT molecular complexity index is 761. The molecule has 28 heavy (non-hydrogen) atoms. The first kappa shape index (κ1) is 20.0. The lowest BCUT2D eigenvalue weighted by Gasteiger charge is -2.35. The van der Waals surface area contributed by atoms with Crippen LogP contribution >= 0.6 is 0 Å². The second kappa shape index (κ2) is 9.46. The van der Waals surface area contributed by atoms with Gasteiger partial charge in [-0.2, -0.15) is 0 Å². The van der Waals surface area contributed by atoms with Crippen LogP contribution in [-0.2, 0) is 0 Å². The lowest BCUT2D eigenvalue weighted by molar-refractivity contribution is 0.140. The molecule has 1 atom stereocenters. The summed E-state index contributed by atoms with van der Waals surface area (Å²) in [6.45, 7) is 4.40. The van der Waals surface area contributed by atoms with Crippen LogP contribution in [0.5, 0.6) is 5.75 Å². The second-order valence-electron chi connectivity index (χ2n) is 7.27. The summed E-state index contributed by atoms with van der Waals surface area (Å²) in [6, 6.07) is 18.1. The summed E-state index contributed by atoms with van der Waals surface area (Å²) >= 11 is 0. The average molecular weight is 383 g/mol. The fraction of sp³-hybridized carbons (Fsp3) is 0.409. The smallest absolute Gasteiger partial charge is 0.407 e. The van der Waals surface area contributed by atoms with Crippen LogP contribution in [-0.4, -0.2) is 67.8 Å². The van der Waals surface area contributed by atoms with Crippen LogP contribution in [0.2, 0.25) is 0 Å². The van der Waals surface area contributed by atoms with Gasteiger partial charge in [-0.1, -0.05) is 42.5 Å². The van der Waals surface area contributed by atoms with Crippen LogP contribution in [0.3, 0.4) is 0 Å². The van der Waals surface area contributed by atoms with Crippen molar-refractivity contribution in [2.45, 2.75) is 12.5 Å². The fourth-order valence-electron chi connectivity index (χ4n) is 3.39. The number of amides is 1. The first-order valence-electron chi connectivity index (χ1n) is 9.73. The van der Waals surface area contributed by atoms with E-state index in [4.69, 9.17) is 9.84 Å². The molecule has 6 heteroatoms. The highest BCUT2D eigenvalue weighted by Gasteiger charge is 2.21. The maximum Gasteiger partial charge on any atom is 0.407 e. The lowest BCUT2D eigenvalue weighted by atomic mass is 10.1. The van der Waals surface area contributed by atoms with Gasteiger partial charge in [-0.3, -0.25) is 0 Å². The van der Waals surface area contributed by atoms with Gasteiger partial charge < -0.3 is 24.5 Å². The summed E-state index contributed by atoms with van der Waals surface area (Å²) < 4.78 is 6.47. The zero-order chi connectivity index (χ0) is 19.9. The summed E-state index contributed by atoms with van der Waals surface area (Å²) in [7, 11) is 3.73. The highest BCUT2D eigenvalue weighted by Crippen LogP contribution is 2.33. The number of likely N-dealkylation sites (N-methyl/N-ethyl adjacent to an activating group) is 1. The van der Waals surface area contributed by atoms with Gasteiger partial charge >= 0.3 is 6.09 Å². The van der Waals surface area contributed by atoms with E-state index in [-0.39, 0.29) is 6.10 Å². The molecule has 0 radical (unpaired) electrons. The minimum absolute atomic E-state index is 0.211. The summed E-state index contributed by atoms with van der Waals surface area (Å²) in [6.07, 6.45) is -0.551. The average Bonchev–Trinajstić information content (AvgIpc) is 2.72. The number of hydrogen-bond donors (Lipinski definition) is 1. The van der Waals surface area contributed by atoms with Crippen molar-refractivity contribution in [1.29, 1.82) is 0 Å². The third-order valence-corrected chi connectivity index (χ3v) is 5.20. The van der Waals surface area contributed by atoms with E-state index in [1.54, 1.807) is 7.05 Å². The van der Waals surface area contributed by atoms with Crippen molar-refractivity contribution >= 4 is 11.8 Å². The molecular weight excluding hydrogens is 354 g/mol. The van der Waals surface area contributed by atoms with Crippen molar-refractivity contribution in [3.63, 3.8) is 0 Å². The van der Waals surface area contributed by atoms with Gasteiger partial charge in [0.15, 0.2) is 0 Å². The van der Waals surface area contributed by atoms with E-state index in [0.717, 1.165) is 43.2 Å². The Balaban J connectivity index is 1.79. The molecule has 2 aromatic rings. The van der Waals surface area contributed by atoms with E-state index in [1.807, 2.05) is 48.5 Å². The maximum absolute atomic E-state index is 11.2. The zero-order valence-electron chi connectivity index (χ0n) is 16.6. The number of nitrogens with zero attached hydrogens (tertiary/aromatic N) is 3. The van der Waals surface area contributed by atoms with E-state index < -0.39 is 6.09 Å². The molecule has 1 unspecified atom stereocenters. The number of ether oxygens (including phenoxy) is 1. The number of para-hydroxylation sites is 2. The summed E-state index contributed by atoms with van der Waals surface area (Å²) in [5.41, 5.74) is 2.15. The van der Waals surface area contributed by atoms with Crippen LogP contribution < -0.4 is 9.64 Å². The largest absolute Gasteiger partial charge is 0.483 e. The van der Waals surface area contributed by atoms with Crippen molar-refractivity contribution < 1.29 is 14.6 Å². The van der Waals surface area contributed by atoms with Crippen molar-refractivity contribution in [1.82, 2.24) is 9.80 Å². The van der Waals surface area contributed by atoms with E-state index in [9.17, 15) is 4.79 Å². The number of piperazine rings is 1. The molecule has 0 saturated carbocycles. The Kier molecular flexibility index (Phi) is 6.76. The van der Waals surface area contributed by atoms with Crippen molar-refractivity contribution in [2.75, 3.05) is 51.7 Å². The summed E-state index contributed by atoms with van der Waals surface area (Å²) in [5.74, 6) is 0.846. The number of rotatable bonds is 7. The molecule has 0 spiro atoms. The van der Waals surface area contributed by atoms with Crippen LogP contribution in [0.25, 0.3) is 0 Å². The quantitative estimate of drug-likeness (QED) is 0.792. The predicted molar refractivity (Wildman–Crippen MR) is 111 cm³/mol. The van der Waals surface area contributed by atoms with Gasteiger partial charge in [-0.25, -0.2) is 4.79 Å². The first-order valence-corrected chi connectivity index (χ1v) is 9.73. The predicted octanol–water partition coefficient (Wildman–Crippen LogP) is 3.56.